The number of amides is 1. The van der Waals surface area contributed by atoms with Crippen LogP contribution in [0.1, 0.15) is 21.5 Å². The van der Waals surface area contributed by atoms with E-state index in [1.807, 2.05) is 0 Å². The first kappa shape index (κ1) is 12.7. The predicted molar refractivity (Wildman–Crippen MR) is 60.7 cm³/mol. The molecule has 0 aromatic heterocycles. The van der Waals surface area contributed by atoms with Crippen LogP contribution in [0.4, 0.5) is 0 Å². The Bertz CT molecular complexity index is 535. The molecule has 0 aliphatic heterocycles. The van der Waals surface area contributed by atoms with Crippen molar-refractivity contribution in [2.75, 3.05) is 7.05 Å². The highest BCUT2D eigenvalue weighted by Gasteiger charge is 2.15. The van der Waals surface area contributed by atoms with Crippen molar-refractivity contribution in [3.8, 4) is 0 Å². The molecule has 0 aliphatic carbocycles. The van der Waals surface area contributed by atoms with Crippen molar-refractivity contribution in [3.05, 3.63) is 28.8 Å². The number of primary sulfonamides is 1. The minimum absolute atomic E-state index is 0.0470. The predicted octanol–water partition coefficient (Wildman–Crippen LogP) is 0.310. The van der Waals surface area contributed by atoms with E-state index in [1.54, 1.807) is 13.8 Å². The first-order valence-corrected chi connectivity index (χ1v) is 6.18. The third kappa shape index (κ3) is 2.40. The monoisotopic (exact) mass is 242 g/mol. The quantitative estimate of drug-likeness (QED) is 0.782. The number of rotatable bonds is 2. The fraction of sp³-hybridized carbons (Fsp3) is 0.300. The van der Waals surface area contributed by atoms with E-state index in [4.69, 9.17) is 5.14 Å². The lowest BCUT2D eigenvalue weighted by Gasteiger charge is -2.09. The zero-order valence-electron chi connectivity index (χ0n) is 9.37. The molecule has 1 amide bonds. The first-order chi connectivity index (χ1) is 7.27. The Morgan fingerprint density at radius 2 is 1.88 bits per heavy atom. The third-order valence-corrected chi connectivity index (χ3v) is 3.33. The molecule has 0 atom stereocenters. The summed E-state index contributed by atoms with van der Waals surface area (Å²) in [5, 5.41) is 7.48. The second-order valence-electron chi connectivity index (χ2n) is 3.54. The van der Waals surface area contributed by atoms with Gasteiger partial charge in [-0.25, -0.2) is 13.6 Å². The van der Waals surface area contributed by atoms with Gasteiger partial charge in [-0.1, -0.05) is 0 Å². The minimum Gasteiger partial charge on any atom is -0.355 e. The summed E-state index contributed by atoms with van der Waals surface area (Å²) >= 11 is 0. The van der Waals surface area contributed by atoms with Crippen molar-refractivity contribution in [2.24, 2.45) is 5.14 Å². The lowest BCUT2D eigenvalue weighted by molar-refractivity contribution is 0.0962. The number of hydrogen-bond donors (Lipinski definition) is 2. The summed E-state index contributed by atoms with van der Waals surface area (Å²) in [6, 6.07) is 2.74. The number of nitrogens with two attached hydrogens (primary N) is 1. The molecule has 0 saturated carbocycles. The molecule has 0 heterocycles. The van der Waals surface area contributed by atoms with Crippen molar-refractivity contribution in [1.29, 1.82) is 0 Å². The van der Waals surface area contributed by atoms with E-state index in [-0.39, 0.29) is 10.8 Å². The van der Waals surface area contributed by atoms with Crippen LogP contribution in [-0.4, -0.2) is 21.4 Å². The van der Waals surface area contributed by atoms with Gasteiger partial charge in [0.2, 0.25) is 10.0 Å². The van der Waals surface area contributed by atoms with Crippen LogP contribution in [0.5, 0.6) is 0 Å². The van der Waals surface area contributed by atoms with Crippen LogP contribution in [0.2, 0.25) is 0 Å². The maximum Gasteiger partial charge on any atom is 0.251 e. The van der Waals surface area contributed by atoms with E-state index in [9.17, 15) is 13.2 Å². The average molecular weight is 242 g/mol. The fourth-order valence-electron chi connectivity index (χ4n) is 1.36. The second-order valence-corrected chi connectivity index (χ2v) is 5.10. The van der Waals surface area contributed by atoms with Gasteiger partial charge in [0, 0.05) is 12.6 Å². The Morgan fingerprint density at radius 1 is 1.31 bits per heavy atom. The third-order valence-electron chi connectivity index (χ3n) is 2.44. The Labute approximate surface area is 94.7 Å². The van der Waals surface area contributed by atoms with Gasteiger partial charge in [0.1, 0.15) is 0 Å². The van der Waals surface area contributed by atoms with Crippen molar-refractivity contribution in [3.63, 3.8) is 0 Å². The van der Waals surface area contributed by atoms with Crippen LogP contribution in [0.3, 0.4) is 0 Å². The largest absolute Gasteiger partial charge is 0.355 e. The molecule has 0 unspecified atom stereocenters. The molecule has 0 radical (unpaired) electrons. The van der Waals surface area contributed by atoms with Crippen LogP contribution in [0.25, 0.3) is 0 Å². The van der Waals surface area contributed by atoms with Gasteiger partial charge in [-0.15, -0.1) is 0 Å². The van der Waals surface area contributed by atoms with E-state index >= 15 is 0 Å². The molecule has 6 heteroatoms. The molecular weight excluding hydrogens is 228 g/mol. The lowest BCUT2D eigenvalue weighted by atomic mass is 10.0. The maximum atomic E-state index is 11.5. The van der Waals surface area contributed by atoms with Crippen molar-refractivity contribution in [1.82, 2.24) is 5.32 Å². The normalized spacial score (nSPS) is 11.2. The number of carbonyl (C=O) groups excluding carboxylic acids is 1. The Hall–Kier alpha value is -1.40. The van der Waals surface area contributed by atoms with Gasteiger partial charge in [0.15, 0.2) is 0 Å². The average Bonchev–Trinajstić information content (AvgIpc) is 2.19. The van der Waals surface area contributed by atoms with E-state index in [2.05, 4.69) is 5.32 Å². The summed E-state index contributed by atoms with van der Waals surface area (Å²) in [5.74, 6) is -0.328. The smallest absolute Gasteiger partial charge is 0.251 e. The molecule has 1 aromatic carbocycles. The Kier molecular flexibility index (Phi) is 3.35. The second kappa shape index (κ2) is 4.23. The van der Waals surface area contributed by atoms with Crippen LogP contribution in [0.15, 0.2) is 17.0 Å². The zero-order chi connectivity index (χ0) is 12.5. The molecule has 1 aromatic rings. The number of hydrogen-bond acceptors (Lipinski definition) is 3. The summed E-state index contributed by atoms with van der Waals surface area (Å²) in [4.78, 5) is 11.5. The molecule has 5 nitrogen and oxygen atoms in total. The van der Waals surface area contributed by atoms with Gasteiger partial charge >= 0.3 is 0 Å². The minimum atomic E-state index is -3.79. The van der Waals surface area contributed by atoms with Crippen LogP contribution in [-0.2, 0) is 10.0 Å². The Morgan fingerprint density at radius 3 is 2.31 bits per heavy atom. The lowest BCUT2D eigenvalue weighted by Crippen LogP contribution is -2.21. The van der Waals surface area contributed by atoms with Gasteiger partial charge in [-0.05, 0) is 37.1 Å². The van der Waals surface area contributed by atoms with Gasteiger partial charge in [0.25, 0.3) is 5.91 Å². The maximum absolute atomic E-state index is 11.5. The number of carbonyl (C=O) groups is 1. The van der Waals surface area contributed by atoms with E-state index in [0.29, 0.717) is 11.1 Å². The molecule has 0 saturated heterocycles. The Balaban J connectivity index is 3.51. The molecule has 0 aliphatic rings. The number of benzene rings is 1. The highest BCUT2D eigenvalue weighted by atomic mass is 32.2. The van der Waals surface area contributed by atoms with Crippen LogP contribution in [0, 0.1) is 13.8 Å². The van der Waals surface area contributed by atoms with Crippen LogP contribution >= 0.6 is 0 Å². The number of aryl methyl sites for hydroxylation is 1. The molecule has 3 N–H and O–H groups in total. The molecule has 88 valence electrons. The van der Waals surface area contributed by atoms with Gasteiger partial charge in [-0.3, -0.25) is 4.79 Å². The van der Waals surface area contributed by atoms with Crippen molar-refractivity contribution >= 4 is 15.9 Å². The molecular formula is C10H14N2O3S. The highest BCUT2D eigenvalue weighted by Crippen LogP contribution is 2.18. The summed E-state index contributed by atoms with van der Waals surface area (Å²) in [6.07, 6.45) is 0. The molecule has 0 fully saturated rings. The summed E-state index contributed by atoms with van der Waals surface area (Å²) in [7, 11) is -2.30. The molecule has 1 rings (SSSR count). The van der Waals surface area contributed by atoms with Gasteiger partial charge in [0.05, 0.1) is 4.90 Å². The summed E-state index contributed by atoms with van der Waals surface area (Å²) in [5.41, 5.74) is 1.78. The SMILES string of the molecule is CNC(=O)c1cc(S(N)(=O)=O)cc(C)c1C. The van der Waals surface area contributed by atoms with Crippen molar-refractivity contribution < 1.29 is 13.2 Å². The fourth-order valence-corrected chi connectivity index (χ4v) is 1.98. The summed E-state index contributed by atoms with van der Waals surface area (Å²) < 4.78 is 22.4. The highest BCUT2D eigenvalue weighted by molar-refractivity contribution is 7.89. The summed E-state index contributed by atoms with van der Waals surface area (Å²) in [6.45, 7) is 3.49. The van der Waals surface area contributed by atoms with Crippen LogP contribution < -0.4 is 10.5 Å². The van der Waals surface area contributed by atoms with E-state index in [0.717, 1.165) is 5.56 Å². The number of nitrogens with one attached hydrogen (secondary N) is 1. The zero-order valence-corrected chi connectivity index (χ0v) is 10.2. The topological polar surface area (TPSA) is 89.3 Å². The van der Waals surface area contributed by atoms with E-state index < -0.39 is 10.0 Å². The standard InChI is InChI=1S/C10H14N2O3S/c1-6-4-8(16(11,14)15)5-9(7(6)2)10(13)12-3/h4-5H,1-3H3,(H,12,13)(H2,11,14,15). The number of sulfonamides is 1. The van der Waals surface area contributed by atoms with E-state index in [1.165, 1.54) is 19.2 Å². The molecule has 0 bridgehead atoms. The molecule has 0 spiro atoms. The van der Waals surface area contributed by atoms with Gasteiger partial charge in [-0.2, -0.15) is 0 Å². The molecule has 16 heavy (non-hydrogen) atoms. The van der Waals surface area contributed by atoms with Crippen molar-refractivity contribution in [2.45, 2.75) is 18.7 Å². The van der Waals surface area contributed by atoms with Gasteiger partial charge < -0.3 is 5.32 Å². The first-order valence-electron chi connectivity index (χ1n) is 4.63.